The van der Waals surface area contributed by atoms with Gasteiger partial charge in [0.05, 0.1) is 0 Å². The van der Waals surface area contributed by atoms with Gasteiger partial charge in [-0.05, 0) is 38.3 Å². The third-order valence-electron chi connectivity index (χ3n) is 3.90. The maximum absolute atomic E-state index is 12.1. The summed E-state index contributed by atoms with van der Waals surface area (Å²) < 4.78 is 11.9. The molecule has 6 heteroatoms. The molecule has 0 spiro atoms. The van der Waals surface area contributed by atoms with Crippen molar-refractivity contribution in [3.8, 4) is 0 Å². The number of halogens is 1. The average molecular weight is 449 g/mol. The summed E-state index contributed by atoms with van der Waals surface area (Å²) in [4.78, 5) is 6.64. The van der Waals surface area contributed by atoms with Crippen LogP contribution >= 0.6 is 24.0 Å². The molecule has 0 aromatic heterocycles. The van der Waals surface area contributed by atoms with Crippen LogP contribution in [0.4, 0.5) is 0 Å². The van der Waals surface area contributed by atoms with Crippen LogP contribution in [-0.2, 0) is 23.8 Å². The van der Waals surface area contributed by atoms with Gasteiger partial charge in [0, 0.05) is 48.0 Å². The van der Waals surface area contributed by atoms with Crippen molar-refractivity contribution in [2.45, 2.75) is 38.5 Å². The molecule has 1 aliphatic rings. The molecule has 0 radical (unpaired) electrons. The third kappa shape index (κ3) is 5.74. The lowest BCUT2D eigenvalue weighted by Crippen LogP contribution is -2.45. The van der Waals surface area contributed by atoms with E-state index in [0.717, 1.165) is 25.5 Å². The van der Waals surface area contributed by atoms with E-state index in [4.69, 9.17) is 0 Å². The molecule has 1 N–H and O–H groups in total. The third-order valence-corrected chi connectivity index (χ3v) is 5.84. The fourth-order valence-electron chi connectivity index (χ4n) is 2.57. The van der Waals surface area contributed by atoms with Crippen molar-refractivity contribution in [2.24, 2.45) is 4.99 Å². The molecule has 1 aliphatic heterocycles. The normalized spacial score (nSPS) is 16.3. The molecule has 2 rings (SSSR count). The summed E-state index contributed by atoms with van der Waals surface area (Å²) in [5.74, 6) is 1.55. The Bertz CT molecular complexity index is 569. The molecule has 0 bridgehead atoms. The topological polar surface area (TPSA) is 44.7 Å². The minimum absolute atomic E-state index is 0. The molecule has 0 saturated carbocycles. The zero-order valence-corrected chi connectivity index (χ0v) is 17.6. The van der Waals surface area contributed by atoms with Crippen LogP contribution in [0.2, 0.25) is 0 Å². The van der Waals surface area contributed by atoms with Crippen molar-refractivity contribution >= 4 is 40.7 Å². The van der Waals surface area contributed by atoms with Crippen LogP contribution in [-0.4, -0.2) is 45.7 Å². The summed E-state index contributed by atoms with van der Waals surface area (Å²) in [5.41, 5.74) is 2.80. The van der Waals surface area contributed by atoms with Gasteiger partial charge in [-0.2, -0.15) is 0 Å². The van der Waals surface area contributed by atoms with Crippen molar-refractivity contribution in [1.82, 2.24) is 10.2 Å². The number of nitrogens with zero attached hydrogens (tertiary/aromatic N) is 2. The second-order valence-corrected chi connectivity index (χ2v) is 8.90. The van der Waals surface area contributed by atoms with Crippen molar-refractivity contribution in [3.05, 3.63) is 35.4 Å². The highest BCUT2D eigenvalue weighted by Crippen LogP contribution is 2.18. The maximum atomic E-state index is 12.1. The highest BCUT2D eigenvalue weighted by atomic mass is 127. The number of nitrogens with one attached hydrogen (secondary N) is 1. The predicted octanol–water partition coefficient (Wildman–Crippen LogP) is 2.79. The first kappa shape index (κ1) is 20.4. The van der Waals surface area contributed by atoms with Gasteiger partial charge in [-0.3, -0.25) is 9.20 Å². The Kier molecular flexibility index (Phi) is 8.00. The minimum Gasteiger partial charge on any atom is -0.355 e. The van der Waals surface area contributed by atoms with Crippen molar-refractivity contribution in [2.75, 3.05) is 25.9 Å². The van der Waals surface area contributed by atoms with Crippen LogP contribution < -0.4 is 5.32 Å². The Morgan fingerprint density at radius 3 is 2.57 bits per heavy atom. The molecule has 0 aliphatic carbocycles. The molecule has 23 heavy (non-hydrogen) atoms. The van der Waals surface area contributed by atoms with E-state index in [2.05, 4.69) is 39.5 Å². The van der Waals surface area contributed by atoms with E-state index in [1.54, 1.807) is 0 Å². The monoisotopic (exact) mass is 449 g/mol. The smallest absolute Gasteiger partial charge is 0.193 e. The zero-order valence-electron chi connectivity index (χ0n) is 14.5. The number of rotatable bonds is 3. The molecule has 0 fully saturated rings. The van der Waals surface area contributed by atoms with Crippen LogP contribution in [0.25, 0.3) is 0 Å². The highest BCUT2D eigenvalue weighted by molar-refractivity contribution is 14.0. The number of aliphatic imine (C=N–C) groups is 1. The lowest BCUT2D eigenvalue weighted by atomic mass is 10.0. The molecular weight excluding hydrogens is 421 g/mol. The predicted molar refractivity (Wildman–Crippen MR) is 110 cm³/mol. The molecule has 4 nitrogen and oxygen atoms in total. The number of benzene rings is 1. The fraction of sp³-hybridized carbons (Fsp3) is 0.588. The number of guanidine groups is 1. The van der Waals surface area contributed by atoms with Crippen LogP contribution in [0.5, 0.6) is 0 Å². The number of fused-ring (bicyclic) bond motifs is 1. The molecule has 1 aromatic carbocycles. The largest absolute Gasteiger partial charge is 0.355 e. The SMILES string of the molecule is CN=C(NCCS(=O)C(C)(C)C)N1CCc2ccccc2C1.I. The molecule has 0 amide bonds. The molecule has 1 aromatic rings. The number of hydrogen-bond donors (Lipinski definition) is 1. The van der Waals surface area contributed by atoms with E-state index < -0.39 is 10.8 Å². The van der Waals surface area contributed by atoms with Gasteiger partial charge in [0.1, 0.15) is 0 Å². The van der Waals surface area contributed by atoms with Gasteiger partial charge < -0.3 is 10.2 Å². The van der Waals surface area contributed by atoms with E-state index in [1.165, 1.54) is 11.1 Å². The first-order valence-corrected chi connectivity index (χ1v) is 9.14. The lowest BCUT2D eigenvalue weighted by Gasteiger charge is -2.31. The second kappa shape index (κ2) is 9.01. The molecule has 130 valence electrons. The molecule has 1 atom stereocenters. The zero-order chi connectivity index (χ0) is 16.2. The van der Waals surface area contributed by atoms with E-state index in [0.29, 0.717) is 12.3 Å². The molecular formula is C17H28IN3OS. The quantitative estimate of drug-likeness (QED) is 0.439. The van der Waals surface area contributed by atoms with Crippen LogP contribution in [0.1, 0.15) is 31.9 Å². The first-order chi connectivity index (χ1) is 10.4. The van der Waals surface area contributed by atoms with Gasteiger partial charge in [0.15, 0.2) is 5.96 Å². The molecule has 1 heterocycles. The van der Waals surface area contributed by atoms with Gasteiger partial charge in [-0.25, -0.2) is 0 Å². The number of hydrogen-bond acceptors (Lipinski definition) is 2. The van der Waals surface area contributed by atoms with Crippen LogP contribution in [0.3, 0.4) is 0 Å². The standard InChI is InChI=1S/C17H27N3OS.HI/c1-17(2,3)22(21)12-10-19-16(18-4)20-11-9-14-7-5-6-8-15(14)13-20;/h5-8H,9-13H2,1-4H3,(H,18,19);1H. The minimum atomic E-state index is -0.833. The molecule has 1 unspecified atom stereocenters. The van der Waals surface area contributed by atoms with Gasteiger partial charge in [-0.15, -0.1) is 24.0 Å². The average Bonchev–Trinajstić information content (AvgIpc) is 2.50. The van der Waals surface area contributed by atoms with Crippen molar-refractivity contribution in [1.29, 1.82) is 0 Å². The van der Waals surface area contributed by atoms with Crippen LogP contribution in [0, 0.1) is 0 Å². The van der Waals surface area contributed by atoms with E-state index in [9.17, 15) is 4.21 Å². The lowest BCUT2D eigenvalue weighted by molar-refractivity contribution is 0.380. The Labute approximate surface area is 159 Å². The Morgan fingerprint density at radius 1 is 1.30 bits per heavy atom. The van der Waals surface area contributed by atoms with Gasteiger partial charge in [0.2, 0.25) is 0 Å². The van der Waals surface area contributed by atoms with E-state index in [-0.39, 0.29) is 28.7 Å². The fourth-order valence-corrected chi connectivity index (χ4v) is 3.47. The van der Waals surface area contributed by atoms with Crippen molar-refractivity contribution in [3.63, 3.8) is 0 Å². The van der Waals surface area contributed by atoms with Crippen molar-refractivity contribution < 1.29 is 4.21 Å². The highest BCUT2D eigenvalue weighted by Gasteiger charge is 2.21. The van der Waals surface area contributed by atoms with E-state index >= 15 is 0 Å². The summed E-state index contributed by atoms with van der Waals surface area (Å²) in [5, 5.41) is 3.36. The van der Waals surface area contributed by atoms with Crippen LogP contribution in [0.15, 0.2) is 29.3 Å². The Balaban J connectivity index is 0.00000264. The summed E-state index contributed by atoms with van der Waals surface area (Å²) in [6.45, 7) is 8.59. The summed E-state index contributed by atoms with van der Waals surface area (Å²) >= 11 is 0. The Morgan fingerprint density at radius 2 is 1.96 bits per heavy atom. The Hall–Kier alpha value is -0.630. The van der Waals surface area contributed by atoms with E-state index in [1.807, 2.05) is 27.8 Å². The van der Waals surface area contributed by atoms with Gasteiger partial charge in [0.25, 0.3) is 0 Å². The van der Waals surface area contributed by atoms with Gasteiger partial charge in [-0.1, -0.05) is 24.3 Å². The first-order valence-electron chi connectivity index (χ1n) is 7.82. The molecule has 0 saturated heterocycles. The summed E-state index contributed by atoms with van der Waals surface area (Å²) in [6, 6.07) is 8.58. The van der Waals surface area contributed by atoms with Gasteiger partial charge >= 0.3 is 0 Å². The second-order valence-electron chi connectivity index (χ2n) is 6.58. The maximum Gasteiger partial charge on any atom is 0.193 e. The summed E-state index contributed by atoms with van der Waals surface area (Å²) in [6.07, 6.45) is 1.05. The summed E-state index contributed by atoms with van der Waals surface area (Å²) in [7, 11) is 0.976.